The summed E-state index contributed by atoms with van der Waals surface area (Å²) in [5, 5.41) is 6.00. The van der Waals surface area contributed by atoms with E-state index in [9.17, 15) is 9.18 Å². The molecule has 1 aromatic heterocycles. The summed E-state index contributed by atoms with van der Waals surface area (Å²) in [6.45, 7) is 5.58. The number of carbonyl (C=O) groups is 1. The van der Waals surface area contributed by atoms with E-state index in [-0.39, 0.29) is 11.7 Å². The number of carbonyl (C=O) groups excluding carboxylic acids is 1. The molecule has 6 heteroatoms. The van der Waals surface area contributed by atoms with Crippen molar-refractivity contribution in [3.05, 3.63) is 53.7 Å². The lowest BCUT2D eigenvalue weighted by atomic mass is 10.1. The number of nitrogens with one attached hydrogen (secondary N) is 2. The van der Waals surface area contributed by atoms with E-state index in [4.69, 9.17) is 0 Å². The van der Waals surface area contributed by atoms with Crippen molar-refractivity contribution in [3.8, 4) is 0 Å². The van der Waals surface area contributed by atoms with E-state index in [1.54, 1.807) is 18.2 Å². The zero-order valence-corrected chi connectivity index (χ0v) is 14.1. The van der Waals surface area contributed by atoms with Gasteiger partial charge < -0.3 is 10.6 Å². The fourth-order valence-electron chi connectivity index (χ4n) is 2.13. The zero-order chi connectivity index (χ0) is 17.4. The van der Waals surface area contributed by atoms with E-state index < -0.39 is 0 Å². The summed E-state index contributed by atoms with van der Waals surface area (Å²) in [6.07, 6.45) is 3.05. The van der Waals surface area contributed by atoms with Crippen LogP contribution >= 0.6 is 0 Å². The molecule has 0 spiro atoms. The molecule has 1 amide bonds. The van der Waals surface area contributed by atoms with Gasteiger partial charge >= 0.3 is 0 Å². The highest BCUT2D eigenvalue weighted by molar-refractivity contribution is 5.92. The molecular weight excluding hydrogens is 307 g/mol. The first kappa shape index (κ1) is 17.8. The van der Waals surface area contributed by atoms with Gasteiger partial charge in [-0.1, -0.05) is 26.0 Å². The van der Waals surface area contributed by atoms with Gasteiger partial charge in [-0.3, -0.25) is 4.79 Å². The van der Waals surface area contributed by atoms with E-state index in [1.807, 2.05) is 0 Å². The van der Waals surface area contributed by atoms with Gasteiger partial charge in [-0.2, -0.15) is 0 Å². The summed E-state index contributed by atoms with van der Waals surface area (Å²) in [7, 11) is 0. The van der Waals surface area contributed by atoms with Crippen LogP contribution < -0.4 is 10.6 Å². The summed E-state index contributed by atoms with van der Waals surface area (Å²) in [4.78, 5) is 20.3. The first-order valence-corrected chi connectivity index (χ1v) is 8.13. The van der Waals surface area contributed by atoms with E-state index in [2.05, 4.69) is 34.4 Å². The van der Waals surface area contributed by atoms with Crippen LogP contribution in [0.5, 0.6) is 0 Å². The lowest BCUT2D eigenvalue weighted by Crippen LogP contribution is -2.26. The van der Waals surface area contributed by atoms with Crippen molar-refractivity contribution < 1.29 is 9.18 Å². The Bertz CT molecular complexity index is 658. The minimum atomic E-state index is -0.263. The highest BCUT2D eigenvalue weighted by Crippen LogP contribution is 2.07. The molecule has 0 aliphatic carbocycles. The van der Waals surface area contributed by atoms with Crippen molar-refractivity contribution in [3.63, 3.8) is 0 Å². The van der Waals surface area contributed by atoms with Crippen LogP contribution in [0.1, 0.15) is 36.3 Å². The van der Waals surface area contributed by atoms with Crippen LogP contribution in [0.15, 0.2) is 36.7 Å². The maximum atomic E-state index is 12.8. The summed E-state index contributed by atoms with van der Waals surface area (Å²) >= 11 is 0. The van der Waals surface area contributed by atoms with Gasteiger partial charge in [0, 0.05) is 19.2 Å². The lowest BCUT2D eigenvalue weighted by Gasteiger charge is -2.09. The molecule has 2 N–H and O–H groups in total. The predicted molar refractivity (Wildman–Crippen MR) is 92.4 cm³/mol. The monoisotopic (exact) mass is 330 g/mol. The Morgan fingerprint density at radius 1 is 1.17 bits per heavy atom. The molecule has 0 aliphatic rings. The third-order valence-corrected chi connectivity index (χ3v) is 3.54. The molecule has 1 aromatic carbocycles. The van der Waals surface area contributed by atoms with Gasteiger partial charge in [0.1, 0.15) is 23.7 Å². The Labute approximate surface area is 141 Å². The van der Waals surface area contributed by atoms with Crippen molar-refractivity contribution in [2.45, 2.75) is 26.7 Å². The number of amides is 1. The number of benzene rings is 1. The summed E-state index contributed by atoms with van der Waals surface area (Å²) in [5.41, 5.74) is 1.30. The van der Waals surface area contributed by atoms with Gasteiger partial charge in [0.2, 0.25) is 0 Å². The molecular formula is C18H23FN4O. The Hall–Kier alpha value is -2.50. The molecule has 0 aliphatic heterocycles. The standard InChI is InChI=1S/C18H23FN4O/c1-13(2)7-9-20-17-11-16(22-12-23-17)18(24)21-10-8-14-3-5-15(19)6-4-14/h3-6,11-13H,7-10H2,1-2H3,(H,21,24)(H,20,22,23). The van der Waals surface area contributed by atoms with Gasteiger partial charge in [-0.25, -0.2) is 14.4 Å². The molecule has 0 saturated carbocycles. The van der Waals surface area contributed by atoms with Crippen LogP contribution in [0.25, 0.3) is 0 Å². The Morgan fingerprint density at radius 3 is 2.62 bits per heavy atom. The van der Waals surface area contributed by atoms with Crippen LogP contribution in [-0.4, -0.2) is 29.0 Å². The van der Waals surface area contributed by atoms with Gasteiger partial charge in [-0.05, 0) is 36.5 Å². The minimum Gasteiger partial charge on any atom is -0.370 e. The van der Waals surface area contributed by atoms with E-state index in [0.29, 0.717) is 30.4 Å². The normalized spacial score (nSPS) is 10.7. The van der Waals surface area contributed by atoms with Crippen LogP contribution in [0.3, 0.4) is 0 Å². The molecule has 128 valence electrons. The molecule has 0 fully saturated rings. The maximum absolute atomic E-state index is 12.8. The maximum Gasteiger partial charge on any atom is 0.270 e. The highest BCUT2D eigenvalue weighted by Gasteiger charge is 2.08. The average Bonchev–Trinajstić information content (AvgIpc) is 2.56. The second-order valence-corrected chi connectivity index (χ2v) is 6.03. The molecule has 0 radical (unpaired) electrons. The van der Waals surface area contributed by atoms with Crippen molar-refractivity contribution >= 4 is 11.7 Å². The average molecular weight is 330 g/mol. The molecule has 0 unspecified atom stereocenters. The largest absolute Gasteiger partial charge is 0.370 e. The van der Waals surface area contributed by atoms with Crippen molar-refractivity contribution in [1.29, 1.82) is 0 Å². The summed E-state index contributed by atoms with van der Waals surface area (Å²) in [5.74, 6) is 0.746. The summed E-state index contributed by atoms with van der Waals surface area (Å²) in [6, 6.07) is 7.90. The number of nitrogens with zero attached hydrogens (tertiary/aromatic N) is 2. The van der Waals surface area contributed by atoms with Crippen molar-refractivity contribution in [2.24, 2.45) is 5.92 Å². The zero-order valence-electron chi connectivity index (χ0n) is 14.1. The van der Waals surface area contributed by atoms with Gasteiger partial charge in [-0.15, -0.1) is 0 Å². The van der Waals surface area contributed by atoms with Crippen molar-refractivity contribution in [2.75, 3.05) is 18.4 Å². The second kappa shape index (κ2) is 8.96. The van der Waals surface area contributed by atoms with Gasteiger partial charge in [0.15, 0.2) is 0 Å². The number of hydrogen-bond acceptors (Lipinski definition) is 4. The van der Waals surface area contributed by atoms with E-state index >= 15 is 0 Å². The number of rotatable bonds is 8. The van der Waals surface area contributed by atoms with E-state index in [1.165, 1.54) is 18.5 Å². The topological polar surface area (TPSA) is 66.9 Å². The molecule has 0 atom stereocenters. The number of anilines is 1. The summed E-state index contributed by atoms with van der Waals surface area (Å²) < 4.78 is 12.8. The fraction of sp³-hybridized carbons (Fsp3) is 0.389. The van der Waals surface area contributed by atoms with Crippen LogP contribution in [0.4, 0.5) is 10.2 Å². The smallest absolute Gasteiger partial charge is 0.270 e. The minimum absolute atomic E-state index is 0.244. The first-order valence-electron chi connectivity index (χ1n) is 8.13. The Kier molecular flexibility index (Phi) is 6.66. The SMILES string of the molecule is CC(C)CCNc1cc(C(=O)NCCc2ccc(F)cc2)ncn1. The lowest BCUT2D eigenvalue weighted by molar-refractivity contribution is 0.0949. The molecule has 0 saturated heterocycles. The van der Waals surface area contributed by atoms with Gasteiger partial charge in [0.25, 0.3) is 5.91 Å². The number of aromatic nitrogens is 2. The highest BCUT2D eigenvalue weighted by atomic mass is 19.1. The molecule has 2 aromatic rings. The number of halogens is 1. The Morgan fingerprint density at radius 2 is 1.92 bits per heavy atom. The molecule has 2 rings (SSSR count). The molecule has 0 bridgehead atoms. The van der Waals surface area contributed by atoms with E-state index in [0.717, 1.165) is 18.5 Å². The number of hydrogen-bond donors (Lipinski definition) is 2. The Balaban J connectivity index is 1.82. The van der Waals surface area contributed by atoms with Crippen LogP contribution in [-0.2, 0) is 6.42 Å². The molecule has 24 heavy (non-hydrogen) atoms. The first-order chi connectivity index (χ1) is 11.5. The quantitative estimate of drug-likeness (QED) is 0.781. The third kappa shape index (κ3) is 5.95. The fourth-order valence-corrected chi connectivity index (χ4v) is 2.13. The van der Waals surface area contributed by atoms with Crippen LogP contribution in [0, 0.1) is 11.7 Å². The third-order valence-electron chi connectivity index (χ3n) is 3.54. The van der Waals surface area contributed by atoms with Crippen LogP contribution in [0.2, 0.25) is 0 Å². The van der Waals surface area contributed by atoms with Crippen molar-refractivity contribution in [1.82, 2.24) is 15.3 Å². The second-order valence-electron chi connectivity index (χ2n) is 6.03. The van der Waals surface area contributed by atoms with Gasteiger partial charge in [0.05, 0.1) is 0 Å². The molecule has 1 heterocycles. The predicted octanol–water partition coefficient (Wildman–Crippen LogP) is 3.05. The molecule has 5 nitrogen and oxygen atoms in total.